The molecule has 24 heavy (non-hydrogen) atoms. The maximum absolute atomic E-state index is 12.3. The Kier molecular flexibility index (Phi) is 4.66. The molecule has 6 heteroatoms. The second kappa shape index (κ2) is 6.88. The Bertz CT molecular complexity index is 700. The van der Waals surface area contributed by atoms with Crippen molar-refractivity contribution in [1.82, 2.24) is 4.90 Å². The Balaban J connectivity index is 1.60. The van der Waals surface area contributed by atoms with Crippen LogP contribution in [0.1, 0.15) is 27.8 Å². The summed E-state index contributed by atoms with van der Waals surface area (Å²) in [6, 6.07) is 10.4. The summed E-state index contributed by atoms with van der Waals surface area (Å²) in [6.45, 7) is 4.45. The van der Waals surface area contributed by atoms with Gasteiger partial charge >= 0.3 is 0 Å². The number of benzene rings is 1. The maximum Gasteiger partial charge on any atom is 0.289 e. The lowest BCUT2D eigenvalue weighted by Gasteiger charge is -2.35. The summed E-state index contributed by atoms with van der Waals surface area (Å²) in [7, 11) is 0. The first kappa shape index (κ1) is 16.3. The number of nitrogens with zero attached hydrogens (tertiary/aromatic N) is 2. The summed E-state index contributed by atoms with van der Waals surface area (Å²) in [4.78, 5) is 28.1. The zero-order valence-electron chi connectivity index (χ0n) is 13.6. The summed E-state index contributed by atoms with van der Waals surface area (Å²) < 4.78 is 5.17. The van der Waals surface area contributed by atoms with Gasteiger partial charge in [0.1, 0.15) is 0 Å². The normalized spacial score (nSPS) is 16.1. The lowest BCUT2D eigenvalue weighted by Crippen LogP contribution is -2.48. The van der Waals surface area contributed by atoms with Gasteiger partial charge in [0.25, 0.3) is 5.91 Å². The number of Topliss-reactive ketones (excluding diaryl/α,β-unsaturated/α-hetero) is 1. The predicted molar refractivity (Wildman–Crippen MR) is 91.2 cm³/mol. The van der Waals surface area contributed by atoms with Gasteiger partial charge in [0.05, 0.1) is 12.3 Å². The monoisotopic (exact) mass is 327 g/mol. The molecule has 1 unspecified atom stereocenters. The van der Waals surface area contributed by atoms with Crippen molar-refractivity contribution >= 4 is 17.4 Å². The molecule has 2 N–H and O–H groups in total. The van der Waals surface area contributed by atoms with Gasteiger partial charge in [0, 0.05) is 37.4 Å². The fourth-order valence-electron chi connectivity index (χ4n) is 2.82. The Morgan fingerprint density at radius 3 is 2.29 bits per heavy atom. The van der Waals surface area contributed by atoms with Crippen molar-refractivity contribution < 1.29 is 14.0 Å². The first-order chi connectivity index (χ1) is 11.6. The van der Waals surface area contributed by atoms with Crippen molar-refractivity contribution in [2.24, 2.45) is 5.73 Å². The number of carbonyl (C=O) groups excluding carboxylic acids is 2. The third kappa shape index (κ3) is 3.33. The molecule has 0 radical (unpaired) electrons. The van der Waals surface area contributed by atoms with Crippen LogP contribution < -0.4 is 10.6 Å². The summed E-state index contributed by atoms with van der Waals surface area (Å²) in [6.07, 6.45) is 1.51. The molecule has 2 aromatic rings. The zero-order valence-corrected chi connectivity index (χ0v) is 13.6. The van der Waals surface area contributed by atoms with Crippen LogP contribution in [0.15, 0.2) is 47.1 Å². The number of amides is 1. The fraction of sp³-hybridized carbons (Fsp3) is 0.333. The van der Waals surface area contributed by atoms with E-state index in [0.29, 0.717) is 24.4 Å². The number of rotatable bonds is 4. The van der Waals surface area contributed by atoms with Gasteiger partial charge < -0.3 is 20.0 Å². The van der Waals surface area contributed by atoms with E-state index in [9.17, 15) is 9.59 Å². The number of nitrogens with two attached hydrogens (primary N) is 1. The van der Waals surface area contributed by atoms with Crippen LogP contribution in [0.25, 0.3) is 0 Å². The Labute approximate surface area is 140 Å². The first-order valence-corrected chi connectivity index (χ1v) is 8.04. The van der Waals surface area contributed by atoms with Crippen LogP contribution in [-0.2, 0) is 0 Å². The lowest BCUT2D eigenvalue weighted by atomic mass is 10.1. The molecule has 1 amide bonds. The first-order valence-electron chi connectivity index (χ1n) is 8.04. The molecular formula is C18H21N3O3. The van der Waals surface area contributed by atoms with E-state index in [1.165, 1.54) is 6.26 Å². The van der Waals surface area contributed by atoms with Crippen molar-refractivity contribution in [3.8, 4) is 0 Å². The summed E-state index contributed by atoms with van der Waals surface area (Å²) in [5.74, 6) is 0.246. The van der Waals surface area contributed by atoms with E-state index in [1.54, 1.807) is 36.1 Å². The third-order valence-corrected chi connectivity index (χ3v) is 4.23. The number of carbonyl (C=O) groups is 2. The number of ketones is 1. The van der Waals surface area contributed by atoms with Crippen LogP contribution in [0.2, 0.25) is 0 Å². The molecule has 0 spiro atoms. The van der Waals surface area contributed by atoms with Crippen LogP contribution in [0, 0.1) is 0 Å². The molecule has 6 nitrogen and oxygen atoms in total. The molecule has 1 aromatic heterocycles. The van der Waals surface area contributed by atoms with E-state index in [4.69, 9.17) is 10.2 Å². The third-order valence-electron chi connectivity index (χ3n) is 4.23. The average Bonchev–Trinajstić information content (AvgIpc) is 3.15. The molecule has 3 rings (SSSR count). The van der Waals surface area contributed by atoms with Crippen LogP contribution in [-0.4, -0.2) is 48.8 Å². The molecule has 0 aliphatic carbocycles. The Hall–Kier alpha value is -2.60. The highest BCUT2D eigenvalue weighted by molar-refractivity contribution is 5.99. The highest BCUT2D eigenvalue weighted by atomic mass is 16.3. The minimum absolute atomic E-state index is 0.0598. The SMILES string of the molecule is CC(N)C(=O)c1ccc(N2CCN(C(=O)c3ccco3)CC2)cc1. The van der Waals surface area contributed by atoms with E-state index in [2.05, 4.69) is 4.90 Å². The van der Waals surface area contributed by atoms with E-state index in [1.807, 2.05) is 12.1 Å². The molecule has 126 valence electrons. The van der Waals surface area contributed by atoms with Gasteiger partial charge in [-0.25, -0.2) is 0 Å². The molecule has 1 fully saturated rings. The second-order valence-electron chi connectivity index (χ2n) is 5.96. The highest BCUT2D eigenvalue weighted by Crippen LogP contribution is 2.19. The Morgan fingerprint density at radius 2 is 1.75 bits per heavy atom. The highest BCUT2D eigenvalue weighted by Gasteiger charge is 2.24. The number of furan rings is 1. The molecular weight excluding hydrogens is 306 g/mol. The van der Waals surface area contributed by atoms with E-state index < -0.39 is 6.04 Å². The standard InChI is InChI=1S/C18H21N3O3/c1-13(19)17(22)14-4-6-15(7-5-14)20-8-10-21(11-9-20)18(23)16-3-2-12-24-16/h2-7,12-13H,8-11,19H2,1H3. The van der Waals surface area contributed by atoms with Crippen LogP contribution in [0.5, 0.6) is 0 Å². The molecule has 0 saturated carbocycles. The minimum atomic E-state index is -0.494. The molecule has 1 aromatic carbocycles. The van der Waals surface area contributed by atoms with E-state index >= 15 is 0 Å². The zero-order chi connectivity index (χ0) is 17.1. The van der Waals surface area contributed by atoms with Gasteiger partial charge in [-0.15, -0.1) is 0 Å². The molecule has 1 saturated heterocycles. The summed E-state index contributed by atoms with van der Waals surface area (Å²) in [5.41, 5.74) is 7.30. The second-order valence-corrected chi connectivity index (χ2v) is 5.96. The Morgan fingerprint density at radius 1 is 1.08 bits per heavy atom. The van der Waals surface area contributed by atoms with Crippen molar-refractivity contribution in [1.29, 1.82) is 0 Å². The fourth-order valence-corrected chi connectivity index (χ4v) is 2.82. The molecule has 2 heterocycles. The van der Waals surface area contributed by atoms with Gasteiger partial charge in [0.2, 0.25) is 0 Å². The average molecular weight is 327 g/mol. The molecule has 0 bridgehead atoms. The van der Waals surface area contributed by atoms with E-state index in [0.717, 1.165) is 18.8 Å². The van der Waals surface area contributed by atoms with Crippen molar-refractivity contribution in [3.05, 3.63) is 54.0 Å². The van der Waals surface area contributed by atoms with Crippen LogP contribution in [0.3, 0.4) is 0 Å². The quantitative estimate of drug-likeness (QED) is 0.866. The number of anilines is 1. The van der Waals surface area contributed by atoms with Gasteiger partial charge in [-0.2, -0.15) is 0 Å². The minimum Gasteiger partial charge on any atom is -0.459 e. The number of hydrogen-bond donors (Lipinski definition) is 1. The van der Waals surface area contributed by atoms with Crippen molar-refractivity contribution in [2.45, 2.75) is 13.0 Å². The number of hydrogen-bond acceptors (Lipinski definition) is 5. The molecule has 1 aliphatic heterocycles. The smallest absolute Gasteiger partial charge is 0.289 e. The van der Waals surface area contributed by atoms with Gasteiger partial charge in [-0.05, 0) is 43.3 Å². The van der Waals surface area contributed by atoms with Gasteiger partial charge in [0.15, 0.2) is 11.5 Å². The van der Waals surface area contributed by atoms with Crippen LogP contribution in [0.4, 0.5) is 5.69 Å². The molecule has 1 atom stereocenters. The van der Waals surface area contributed by atoms with Crippen molar-refractivity contribution in [3.63, 3.8) is 0 Å². The number of piperazine rings is 1. The lowest BCUT2D eigenvalue weighted by molar-refractivity contribution is 0.0714. The van der Waals surface area contributed by atoms with E-state index in [-0.39, 0.29) is 11.7 Å². The maximum atomic E-state index is 12.3. The predicted octanol–water partition coefficient (Wildman–Crippen LogP) is 1.77. The van der Waals surface area contributed by atoms with Crippen molar-refractivity contribution in [2.75, 3.05) is 31.1 Å². The molecule has 1 aliphatic rings. The summed E-state index contributed by atoms with van der Waals surface area (Å²) in [5, 5.41) is 0. The summed E-state index contributed by atoms with van der Waals surface area (Å²) >= 11 is 0. The van der Waals surface area contributed by atoms with Gasteiger partial charge in [-0.1, -0.05) is 0 Å². The topological polar surface area (TPSA) is 79.8 Å². The van der Waals surface area contributed by atoms with Crippen LogP contribution >= 0.6 is 0 Å². The van der Waals surface area contributed by atoms with Gasteiger partial charge in [-0.3, -0.25) is 9.59 Å². The largest absolute Gasteiger partial charge is 0.459 e.